The van der Waals surface area contributed by atoms with Gasteiger partial charge in [-0.05, 0) is 44.7 Å². The fourth-order valence-corrected chi connectivity index (χ4v) is 3.79. The Morgan fingerprint density at radius 1 is 0.889 bits per heavy atom. The van der Waals surface area contributed by atoms with Gasteiger partial charge in [0, 0.05) is 0 Å². The van der Waals surface area contributed by atoms with Crippen molar-refractivity contribution in [1.82, 2.24) is 0 Å². The molecule has 0 bridgehead atoms. The van der Waals surface area contributed by atoms with E-state index in [4.69, 9.17) is 11.6 Å². The molecule has 27 heavy (non-hydrogen) atoms. The zero-order valence-corrected chi connectivity index (χ0v) is 19.1. The van der Waals surface area contributed by atoms with Gasteiger partial charge in [-0.25, -0.2) is 8.42 Å². The van der Waals surface area contributed by atoms with Gasteiger partial charge in [-0.3, -0.25) is 0 Å². The van der Waals surface area contributed by atoms with E-state index in [0.717, 1.165) is 18.0 Å². The summed E-state index contributed by atoms with van der Waals surface area (Å²) in [5.41, 5.74) is 0.928. The number of rotatable bonds is 12. The molecule has 0 spiro atoms. The SMILES string of the molecule is CCCCCC[N+](C)(CCCl)CCCCC.Cc1ccc(S(=O)(=O)[O-])cc1. The summed E-state index contributed by atoms with van der Waals surface area (Å²) in [5, 5.41) is 0. The lowest BCUT2D eigenvalue weighted by Crippen LogP contribution is -2.46. The van der Waals surface area contributed by atoms with Crippen LogP contribution in [0.1, 0.15) is 64.4 Å². The minimum atomic E-state index is -4.27. The van der Waals surface area contributed by atoms with Crippen LogP contribution in [0.15, 0.2) is 29.2 Å². The van der Waals surface area contributed by atoms with Crippen molar-refractivity contribution < 1.29 is 17.5 Å². The molecule has 1 rings (SSSR count). The van der Waals surface area contributed by atoms with E-state index in [1.165, 1.54) is 74.7 Å². The zero-order chi connectivity index (χ0) is 20.8. The molecule has 0 amide bonds. The molecule has 1 aromatic carbocycles. The van der Waals surface area contributed by atoms with Crippen molar-refractivity contribution in [3.63, 3.8) is 0 Å². The number of alkyl halides is 1. The van der Waals surface area contributed by atoms with E-state index in [1.807, 2.05) is 6.92 Å². The smallest absolute Gasteiger partial charge is 0.124 e. The Labute approximate surface area is 172 Å². The molecule has 0 aliphatic heterocycles. The maximum atomic E-state index is 10.4. The Morgan fingerprint density at radius 2 is 1.37 bits per heavy atom. The molecular weight excluding hydrogens is 382 g/mol. The van der Waals surface area contributed by atoms with Crippen LogP contribution in [0.25, 0.3) is 0 Å². The quantitative estimate of drug-likeness (QED) is 0.199. The molecule has 4 nitrogen and oxygen atoms in total. The highest BCUT2D eigenvalue weighted by atomic mass is 35.5. The van der Waals surface area contributed by atoms with E-state index >= 15 is 0 Å². The van der Waals surface area contributed by atoms with Crippen LogP contribution in [-0.2, 0) is 10.1 Å². The van der Waals surface area contributed by atoms with Crippen molar-refractivity contribution in [2.45, 2.75) is 70.6 Å². The highest BCUT2D eigenvalue weighted by Crippen LogP contribution is 2.11. The predicted molar refractivity (Wildman–Crippen MR) is 114 cm³/mol. The summed E-state index contributed by atoms with van der Waals surface area (Å²) in [5.74, 6) is 0.802. The number of aryl methyl sites for hydroxylation is 1. The molecule has 0 saturated carbocycles. The van der Waals surface area contributed by atoms with Gasteiger partial charge in [-0.15, -0.1) is 11.6 Å². The van der Waals surface area contributed by atoms with Gasteiger partial charge in [-0.1, -0.05) is 50.8 Å². The second-order valence-electron chi connectivity index (χ2n) is 7.51. The van der Waals surface area contributed by atoms with E-state index in [-0.39, 0.29) is 4.90 Å². The third-order valence-corrected chi connectivity index (χ3v) is 5.81. The lowest BCUT2D eigenvalue weighted by atomic mass is 10.1. The Bertz CT molecular complexity index is 590. The highest BCUT2D eigenvalue weighted by molar-refractivity contribution is 7.85. The average Bonchev–Trinajstić information content (AvgIpc) is 2.59. The Kier molecular flexibility index (Phi) is 14.1. The van der Waals surface area contributed by atoms with E-state index in [0.29, 0.717) is 0 Å². The molecule has 0 fully saturated rings. The first-order valence-corrected chi connectivity index (χ1v) is 12.0. The van der Waals surface area contributed by atoms with Gasteiger partial charge in [0.25, 0.3) is 0 Å². The van der Waals surface area contributed by atoms with E-state index in [1.54, 1.807) is 12.1 Å². The summed E-state index contributed by atoms with van der Waals surface area (Å²) in [4.78, 5) is -0.178. The van der Waals surface area contributed by atoms with Crippen LogP contribution in [0.3, 0.4) is 0 Å². The number of hydrogen-bond donors (Lipinski definition) is 0. The largest absolute Gasteiger partial charge is 0.744 e. The van der Waals surface area contributed by atoms with Crippen LogP contribution in [0.5, 0.6) is 0 Å². The first-order valence-electron chi connectivity index (χ1n) is 10.1. The van der Waals surface area contributed by atoms with Crippen molar-refractivity contribution in [2.75, 3.05) is 32.6 Å². The Hall–Kier alpha value is -0.620. The molecule has 0 aliphatic carbocycles. The summed E-state index contributed by atoms with van der Waals surface area (Å²) in [6.07, 6.45) is 9.51. The van der Waals surface area contributed by atoms with Crippen LogP contribution >= 0.6 is 11.6 Å². The topological polar surface area (TPSA) is 57.2 Å². The van der Waals surface area contributed by atoms with Gasteiger partial charge < -0.3 is 9.04 Å². The number of benzene rings is 1. The third kappa shape index (κ3) is 13.2. The van der Waals surface area contributed by atoms with Gasteiger partial charge in [0.2, 0.25) is 0 Å². The molecule has 6 heteroatoms. The normalized spacial score (nSPS) is 13.6. The highest BCUT2D eigenvalue weighted by Gasteiger charge is 2.19. The fraction of sp³-hybridized carbons (Fsp3) is 0.714. The number of halogens is 1. The predicted octanol–water partition coefficient (Wildman–Crippen LogP) is 5.34. The van der Waals surface area contributed by atoms with Crippen molar-refractivity contribution >= 4 is 21.7 Å². The third-order valence-electron chi connectivity index (χ3n) is 4.79. The van der Waals surface area contributed by atoms with Gasteiger partial charge in [0.05, 0.1) is 37.5 Å². The minimum Gasteiger partial charge on any atom is -0.744 e. The number of quaternary nitrogens is 1. The molecule has 158 valence electrons. The van der Waals surface area contributed by atoms with Crippen LogP contribution < -0.4 is 0 Å². The van der Waals surface area contributed by atoms with Gasteiger partial charge in [-0.2, -0.15) is 0 Å². The van der Waals surface area contributed by atoms with Crippen LogP contribution in [0.4, 0.5) is 0 Å². The summed E-state index contributed by atoms with van der Waals surface area (Å²) >= 11 is 5.92. The first-order chi connectivity index (χ1) is 12.7. The van der Waals surface area contributed by atoms with Crippen molar-refractivity contribution in [3.05, 3.63) is 29.8 Å². The minimum absolute atomic E-state index is 0.178. The van der Waals surface area contributed by atoms with E-state index in [9.17, 15) is 13.0 Å². The van der Waals surface area contributed by atoms with Gasteiger partial charge in [0.1, 0.15) is 10.1 Å². The molecule has 0 radical (unpaired) electrons. The molecular formula is C21H38ClNO3S. The summed E-state index contributed by atoms with van der Waals surface area (Å²) < 4.78 is 32.4. The maximum Gasteiger partial charge on any atom is 0.124 e. The first kappa shape index (κ1) is 26.4. The van der Waals surface area contributed by atoms with Crippen LogP contribution in [0.2, 0.25) is 0 Å². The average molecular weight is 420 g/mol. The van der Waals surface area contributed by atoms with Crippen LogP contribution in [-0.4, -0.2) is 50.0 Å². The van der Waals surface area contributed by atoms with Gasteiger partial charge >= 0.3 is 0 Å². The lowest BCUT2D eigenvalue weighted by Gasteiger charge is -2.34. The lowest BCUT2D eigenvalue weighted by molar-refractivity contribution is -0.907. The van der Waals surface area contributed by atoms with E-state index in [2.05, 4.69) is 20.9 Å². The molecule has 1 atom stereocenters. The van der Waals surface area contributed by atoms with Crippen molar-refractivity contribution in [1.29, 1.82) is 0 Å². The van der Waals surface area contributed by atoms with Crippen molar-refractivity contribution in [2.24, 2.45) is 0 Å². The van der Waals surface area contributed by atoms with Crippen molar-refractivity contribution in [3.8, 4) is 0 Å². The van der Waals surface area contributed by atoms with Crippen LogP contribution in [0, 0.1) is 6.92 Å². The summed E-state index contributed by atoms with van der Waals surface area (Å²) in [6.45, 7) is 10.1. The summed E-state index contributed by atoms with van der Waals surface area (Å²) in [7, 11) is -1.89. The second-order valence-corrected chi connectivity index (χ2v) is 9.27. The molecule has 0 aromatic heterocycles. The molecule has 0 saturated heterocycles. The zero-order valence-electron chi connectivity index (χ0n) is 17.5. The monoisotopic (exact) mass is 419 g/mol. The molecule has 0 heterocycles. The number of nitrogens with zero attached hydrogens (tertiary/aromatic N) is 1. The fourth-order valence-electron chi connectivity index (χ4n) is 2.91. The standard InChI is InChI=1S/C14H31ClN.C7H8O3S/c1-4-6-8-10-13-16(3,14-11-15)12-9-7-5-2;1-6-2-4-7(5-3-6)11(8,9)10/h4-14H2,1-3H3;2-5H,1H3,(H,8,9,10)/q+1;/p-1. The second kappa shape index (κ2) is 14.4. The number of unbranched alkanes of at least 4 members (excludes halogenated alkanes) is 5. The number of hydrogen-bond acceptors (Lipinski definition) is 3. The molecule has 1 aromatic rings. The maximum absolute atomic E-state index is 10.4. The Balaban J connectivity index is 0.000000533. The molecule has 1 unspecified atom stereocenters. The summed E-state index contributed by atoms with van der Waals surface area (Å²) in [6, 6.07) is 5.78. The molecule has 0 aliphatic rings. The Morgan fingerprint density at radius 3 is 1.81 bits per heavy atom. The van der Waals surface area contributed by atoms with Gasteiger partial charge in [0.15, 0.2) is 0 Å². The molecule has 0 N–H and O–H groups in total. The van der Waals surface area contributed by atoms with E-state index < -0.39 is 10.1 Å².